The SMILES string of the molecule is Nc1ccc(Sc2ccccc2)nn1. The number of aromatic nitrogens is 2. The van der Waals surface area contributed by atoms with E-state index in [0.717, 1.165) is 9.92 Å². The molecule has 0 radical (unpaired) electrons. The van der Waals surface area contributed by atoms with Gasteiger partial charge in [-0.05, 0) is 24.3 Å². The lowest BCUT2D eigenvalue weighted by Crippen LogP contribution is -1.92. The molecule has 0 aliphatic rings. The van der Waals surface area contributed by atoms with Gasteiger partial charge in [0.15, 0.2) is 0 Å². The van der Waals surface area contributed by atoms with Crippen LogP contribution in [0, 0.1) is 0 Å². The predicted molar refractivity (Wildman–Crippen MR) is 57.0 cm³/mol. The fraction of sp³-hybridized carbons (Fsp3) is 0. The molecular weight excluding hydrogens is 194 g/mol. The van der Waals surface area contributed by atoms with Gasteiger partial charge in [0.1, 0.15) is 10.8 Å². The van der Waals surface area contributed by atoms with E-state index in [9.17, 15) is 0 Å². The highest BCUT2D eigenvalue weighted by molar-refractivity contribution is 7.99. The molecule has 2 aromatic rings. The van der Waals surface area contributed by atoms with Crippen molar-refractivity contribution < 1.29 is 0 Å². The summed E-state index contributed by atoms with van der Waals surface area (Å²) in [5.41, 5.74) is 5.44. The van der Waals surface area contributed by atoms with Gasteiger partial charge in [-0.25, -0.2) is 0 Å². The highest BCUT2D eigenvalue weighted by Crippen LogP contribution is 2.24. The summed E-state index contributed by atoms with van der Waals surface area (Å²) in [6.45, 7) is 0. The van der Waals surface area contributed by atoms with Crippen LogP contribution in [0.15, 0.2) is 52.4 Å². The average molecular weight is 203 g/mol. The van der Waals surface area contributed by atoms with Crippen LogP contribution in [0.25, 0.3) is 0 Å². The third-order valence-corrected chi connectivity index (χ3v) is 2.56. The van der Waals surface area contributed by atoms with E-state index in [1.54, 1.807) is 17.8 Å². The zero-order valence-electron chi connectivity index (χ0n) is 7.42. The molecule has 0 saturated heterocycles. The number of nitrogens with zero attached hydrogens (tertiary/aromatic N) is 2. The van der Waals surface area contributed by atoms with Crippen molar-refractivity contribution in [2.75, 3.05) is 5.73 Å². The van der Waals surface area contributed by atoms with E-state index in [4.69, 9.17) is 5.73 Å². The van der Waals surface area contributed by atoms with E-state index in [1.807, 2.05) is 36.4 Å². The number of nitrogens with two attached hydrogens (primary N) is 1. The van der Waals surface area contributed by atoms with Gasteiger partial charge in [0, 0.05) is 4.90 Å². The van der Waals surface area contributed by atoms with Crippen molar-refractivity contribution in [3.63, 3.8) is 0 Å². The number of rotatable bonds is 2. The maximum absolute atomic E-state index is 5.44. The van der Waals surface area contributed by atoms with Gasteiger partial charge in [0.25, 0.3) is 0 Å². The quantitative estimate of drug-likeness (QED) is 0.813. The number of hydrogen-bond acceptors (Lipinski definition) is 4. The molecule has 0 spiro atoms. The Balaban J connectivity index is 2.16. The molecule has 1 aromatic carbocycles. The normalized spacial score (nSPS) is 10.0. The highest BCUT2D eigenvalue weighted by Gasteiger charge is 1.97. The van der Waals surface area contributed by atoms with E-state index in [-0.39, 0.29) is 0 Å². The smallest absolute Gasteiger partial charge is 0.146 e. The molecule has 1 heterocycles. The summed E-state index contributed by atoms with van der Waals surface area (Å²) >= 11 is 1.57. The monoisotopic (exact) mass is 203 g/mol. The van der Waals surface area contributed by atoms with Gasteiger partial charge >= 0.3 is 0 Å². The number of anilines is 1. The van der Waals surface area contributed by atoms with Crippen LogP contribution in [0.2, 0.25) is 0 Å². The van der Waals surface area contributed by atoms with Crippen molar-refractivity contribution in [2.24, 2.45) is 0 Å². The largest absolute Gasteiger partial charge is 0.382 e. The van der Waals surface area contributed by atoms with Crippen LogP contribution in [-0.2, 0) is 0 Å². The first-order valence-corrected chi connectivity index (χ1v) is 4.98. The maximum Gasteiger partial charge on any atom is 0.146 e. The third kappa shape index (κ3) is 2.23. The predicted octanol–water partition coefficient (Wildman–Crippen LogP) is 2.21. The van der Waals surface area contributed by atoms with Crippen molar-refractivity contribution in [1.29, 1.82) is 0 Å². The molecule has 0 bridgehead atoms. The minimum absolute atomic E-state index is 0.447. The second-order valence-electron chi connectivity index (χ2n) is 2.71. The molecule has 2 N–H and O–H groups in total. The topological polar surface area (TPSA) is 51.8 Å². The summed E-state index contributed by atoms with van der Waals surface area (Å²) in [6.07, 6.45) is 0. The van der Waals surface area contributed by atoms with Gasteiger partial charge in [-0.3, -0.25) is 0 Å². The first-order chi connectivity index (χ1) is 6.84. The van der Waals surface area contributed by atoms with Crippen molar-refractivity contribution in [3.8, 4) is 0 Å². The van der Waals surface area contributed by atoms with Crippen LogP contribution >= 0.6 is 11.8 Å². The van der Waals surface area contributed by atoms with Gasteiger partial charge in [-0.15, -0.1) is 10.2 Å². The summed E-state index contributed by atoms with van der Waals surface area (Å²) in [5.74, 6) is 0.447. The lowest BCUT2D eigenvalue weighted by Gasteiger charge is -1.98. The summed E-state index contributed by atoms with van der Waals surface area (Å²) in [6, 6.07) is 13.6. The molecule has 1 aromatic heterocycles. The molecule has 0 unspecified atom stereocenters. The molecule has 4 heteroatoms. The Morgan fingerprint density at radius 3 is 2.36 bits per heavy atom. The van der Waals surface area contributed by atoms with Crippen LogP contribution in [-0.4, -0.2) is 10.2 Å². The van der Waals surface area contributed by atoms with Crippen molar-refractivity contribution in [2.45, 2.75) is 9.92 Å². The zero-order valence-corrected chi connectivity index (χ0v) is 8.24. The summed E-state index contributed by atoms with van der Waals surface area (Å²) in [7, 11) is 0. The van der Waals surface area contributed by atoms with E-state index in [1.165, 1.54) is 0 Å². The maximum atomic E-state index is 5.44. The molecule has 0 saturated carbocycles. The minimum Gasteiger partial charge on any atom is -0.382 e. The number of nitrogen functional groups attached to an aromatic ring is 1. The van der Waals surface area contributed by atoms with E-state index in [0.29, 0.717) is 5.82 Å². The van der Waals surface area contributed by atoms with Gasteiger partial charge in [0.05, 0.1) is 0 Å². The molecular formula is C10H9N3S. The fourth-order valence-corrected chi connectivity index (χ4v) is 1.75. The molecule has 0 amide bonds. The summed E-state index contributed by atoms with van der Waals surface area (Å²) in [4.78, 5) is 1.14. The molecule has 0 atom stereocenters. The first-order valence-electron chi connectivity index (χ1n) is 4.17. The molecule has 0 fully saturated rings. The Morgan fingerprint density at radius 2 is 1.71 bits per heavy atom. The Hall–Kier alpha value is -1.55. The van der Waals surface area contributed by atoms with Crippen LogP contribution in [0.4, 0.5) is 5.82 Å². The standard InChI is InChI=1S/C10H9N3S/c11-9-6-7-10(13-12-9)14-8-4-2-1-3-5-8/h1-7H,(H2,11,12). The molecule has 3 nitrogen and oxygen atoms in total. The van der Waals surface area contributed by atoms with E-state index < -0.39 is 0 Å². The van der Waals surface area contributed by atoms with Gasteiger partial charge in [-0.2, -0.15) is 0 Å². The van der Waals surface area contributed by atoms with Gasteiger partial charge in [-0.1, -0.05) is 30.0 Å². The summed E-state index contributed by atoms with van der Waals surface area (Å²) < 4.78 is 0. The zero-order chi connectivity index (χ0) is 9.80. The molecule has 0 aliphatic heterocycles. The van der Waals surface area contributed by atoms with Crippen molar-refractivity contribution in [1.82, 2.24) is 10.2 Å². The first kappa shape index (κ1) is 9.02. The van der Waals surface area contributed by atoms with Crippen molar-refractivity contribution in [3.05, 3.63) is 42.5 Å². The van der Waals surface area contributed by atoms with Crippen LogP contribution in [0.3, 0.4) is 0 Å². The number of hydrogen-bond donors (Lipinski definition) is 1. The van der Waals surface area contributed by atoms with Crippen molar-refractivity contribution >= 4 is 17.6 Å². The van der Waals surface area contributed by atoms with Crippen LogP contribution in [0.5, 0.6) is 0 Å². The molecule has 0 aliphatic carbocycles. The second-order valence-corrected chi connectivity index (χ2v) is 3.81. The molecule has 2 rings (SSSR count). The third-order valence-electron chi connectivity index (χ3n) is 1.63. The van der Waals surface area contributed by atoms with Crippen LogP contribution in [0.1, 0.15) is 0 Å². The number of benzene rings is 1. The van der Waals surface area contributed by atoms with Gasteiger partial charge in [0.2, 0.25) is 0 Å². The van der Waals surface area contributed by atoms with Crippen LogP contribution < -0.4 is 5.73 Å². The Kier molecular flexibility index (Phi) is 2.65. The average Bonchev–Trinajstić information content (AvgIpc) is 2.23. The van der Waals surface area contributed by atoms with E-state index >= 15 is 0 Å². The molecule has 14 heavy (non-hydrogen) atoms. The Morgan fingerprint density at radius 1 is 0.929 bits per heavy atom. The molecule has 70 valence electrons. The summed E-state index contributed by atoms with van der Waals surface area (Å²) in [5, 5.41) is 8.60. The fourth-order valence-electron chi connectivity index (χ4n) is 0.994. The highest BCUT2D eigenvalue weighted by atomic mass is 32.2. The minimum atomic E-state index is 0.447. The lowest BCUT2D eigenvalue weighted by molar-refractivity contribution is 0.939. The van der Waals surface area contributed by atoms with E-state index in [2.05, 4.69) is 10.2 Å². The Bertz CT molecular complexity index is 399. The second kappa shape index (κ2) is 4.11. The lowest BCUT2D eigenvalue weighted by atomic mass is 10.4. The Labute approximate surface area is 86.4 Å². The van der Waals surface area contributed by atoms with Gasteiger partial charge < -0.3 is 5.73 Å².